The molecule has 2 aromatic rings. The van der Waals surface area contributed by atoms with Crippen molar-refractivity contribution in [3.63, 3.8) is 0 Å². The number of hydrogen-bond acceptors (Lipinski definition) is 5. The van der Waals surface area contributed by atoms with Gasteiger partial charge in [-0.3, -0.25) is 4.79 Å². The zero-order valence-corrected chi connectivity index (χ0v) is 18.8. The van der Waals surface area contributed by atoms with Gasteiger partial charge in [0.15, 0.2) is 5.54 Å². The number of benzene rings is 2. The summed E-state index contributed by atoms with van der Waals surface area (Å²) in [5.74, 6) is -1.25. The Morgan fingerprint density at radius 1 is 1.03 bits per heavy atom. The fourth-order valence-electron chi connectivity index (χ4n) is 5.29. The maximum absolute atomic E-state index is 12.4. The van der Waals surface area contributed by atoms with Crippen molar-refractivity contribution in [3.05, 3.63) is 59.7 Å². The third-order valence-electron chi connectivity index (χ3n) is 7.19. The number of amides is 2. The predicted molar refractivity (Wildman–Crippen MR) is 123 cm³/mol. The van der Waals surface area contributed by atoms with E-state index >= 15 is 0 Å². The first-order valence-corrected chi connectivity index (χ1v) is 11.7. The molecule has 8 nitrogen and oxygen atoms in total. The summed E-state index contributed by atoms with van der Waals surface area (Å²) in [6.07, 6.45) is 1.37. The second-order valence-electron chi connectivity index (χ2n) is 9.45. The molecule has 0 bridgehead atoms. The maximum atomic E-state index is 12.4. The summed E-state index contributed by atoms with van der Waals surface area (Å²) >= 11 is 0. The van der Waals surface area contributed by atoms with Crippen molar-refractivity contribution in [1.82, 2.24) is 10.6 Å². The smallest absolute Gasteiger partial charge is 0.407 e. The Hall–Kier alpha value is -3.39. The summed E-state index contributed by atoms with van der Waals surface area (Å²) in [6, 6.07) is 16.3. The Morgan fingerprint density at radius 3 is 2.26 bits per heavy atom. The van der Waals surface area contributed by atoms with Crippen LogP contribution in [0, 0.1) is 5.92 Å². The number of ether oxygens (including phenoxy) is 2. The van der Waals surface area contributed by atoms with Crippen LogP contribution >= 0.6 is 0 Å². The quantitative estimate of drug-likeness (QED) is 0.580. The lowest BCUT2D eigenvalue weighted by Gasteiger charge is -2.36. The summed E-state index contributed by atoms with van der Waals surface area (Å²) in [6.45, 7) is 0.574. The van der Waals surface area contributed by atoms with E-state index in [2.05, 4.69) is 34.9 Å². The average molecular weight is 465 g/mol. The van der Waals surface area contributed by atoms with Crippen LogP contribution in [0.1, 0.15) is 42.7 Å². The lowest BCUT2D eigenvalue weighted by atomic mass is 9.78. The molecule has 2 aromatic carbocycles. The molecule has 0 spiro atoms. The maximum Gasteiger partial charge on any atom is 0.407 e. The lowest BCUT2D eigenvalue weighted by molar-refractivity contribution is -0.148. The normalized spacial score (nSPS) is 25.1. The minimum atomic E-state index is -1.32. The molecule has 0 aromatic heterocycles. The van der Waals surface area contributed by atoms with Crippen molar-refractivity contribution in [2.45, 2.75) is 43.2 Å². The van der Waals surface area contributed by atoms with E-state index in [9.17, 15) is 19.5 Å². The first-order chi connectivity index (χ1) is 16.4. The third-order valence-corrected chi connectivity index (χ3v) is 7.19. The number of hydrogen-bond donors (Lipinski definition) is 3. The fourth-order valence-corrected chi connectivity index (χ4v) is 5.29. The molecule has 8 heteroatoms. The van der Waals surface area contributed by atoms with Gasteiger partial charge in [-0.2, -0.15) is 0 Å². The third kappa shape index (κ3) is 4.25. The highest BCUT2D eigenvalue weighted by Gasteiger charge is 2.44. The number of aliphatic carboxylic acids is 1. The van der Waals surface area contributed by atoms with Gasteiger partial charge >= 0.3 is 12.1 Å². The van der Waals surface area contributed by atoms with Crippen LogP contribution in [0.25, 0.3) is 11.1 Å². The number of carbonyl (C=O) groups is 3. The van der Waals surface area contributed by atoms with E-state index in [0.29, 0.717) is 19.4 Å². The van der Waals surface area contributed by atoms with E-state index in [4.69, 9.17) is 9.47 Å². The molecule has 1 aliphatic heterocycles. The van der Waals surface area contributed by atoms with Gasteiger partial charge in [-0.25, -0.2) is 9.59 Å². The van der Waals surface area contributed by atoms with Crippen LogP contribution < -0.4 is 10.6 Å². The van der Waals surface area contributed by atoms with Crippen molar-refractivity contribution in [1.29, 1.82) is 0 Å². The number of rotatable bonds is 7. The molecular weight excluding hydrogens is 436 g/mol. The van der Waals surface area contributed by atoms with Crippen molar-refractivity contribution in [2.24, 2.45) is 5.92 Å². The average Bonchev–Trinajstić information content (AvgIpc) is 3.40. The molecule has 5 rings (SSSR count). The van der Waals surface area contributed by atoms with Gasteiger partial charge in [-0.1, -0.05) is 48.5 Å². The molecule has 3 aliphatic rings. The number of alkyl carbamates (subject to hydrolysis) is 1. The van der Waals surface area contributed by atoms with Crippen molar-refractivity contribution >= 4 is 18.0 Å². The predicted octanol–water partition coefficient (Wildman–Crippen LogP) is 3.05. The summed E-state index contributed by atoms with van der Waals surface area (Å²) in [5, 5.41) is 15.0. The largest absolute Gasteiger partial charge is 0.479 e. The van der Waals surface area contributed by atoms with Crippen molar-refractivity contribution in [2.75, 3.05) is 19.8 Å². The van der Waals surface area contributed by atoms with E-state index in [1.807, 2.05) is 24.3 Å². The van der Waals surface area contributed by atoms with Gasteiger partial charge in [-0.05, 0) is 41.0 Å². The Bertz CT molecular complexity index is 1060. The number of nitrogens with one attached hydrogen (secondary N) is 2. The number of fused-ring (bicyclic) bond motifs is 3. The number of carbonyl (C=O) groups excluding carboxylic acids is 2. The number of carboxylic acid groups (broad SMARTS) is 1. The van der Waals surface area contributed by atoms with Crippen molar-refractivity contribution in [3.8, 4) is 11.1 Å². The summed E-state index contributed by atoms with van der Waals surface area (Å²) < 4.78 is 10.8. The van der Waals surface area contributed by atoms with Crippen LogP contribution in [0.15, 0.2) is 48.5 Å². The Kier molecular flexibility index (Phi) is 6.00. The van der Waals surface area contributed by atoms with Crippen molar-refractivity contribution < 1.29 is 29.0 Å². The van der Waals surface area contributed by atoms with Gasteiger partial charge in [0.05, 0.1) is 6.61 Å². The van der Waals surface area contributed by atoms with Gasteiger partial charge in [0.25, 0.3) is 0 Å². The molecule has 1 saturated carbocycles. The Labute approximate surface area is 197 Å². The van der Waals surface area contributed by atoms with Crippen LogP contribution in [0.3, 0.4) is 0 Å². The first kappa shape index (κ1) is 22.4. The molecule has 1 heterocycles. The minimum absolute atomic E-state index is 0.00922. The van der Waals surface area contributed by atoms with Crippen LogP contribution in [-0.2, 0) is 19.1 Å². The van der Waals surface area contributed by atoms with E-state index in [0.717, 1.165) is 11.1 Å². The zero-order chi connectivity index (χ0) is 23.7. The van der Waals surface area contributed by atoms with Gasteiger partial charge < -0.3 is 25.2 Å². The zero-order valence-electron chi connectivity index (χ0n) is 18.8. The van der Waals surface area contributed by atoms with Gasteiger partial charge in [0, 0.05) is 31.4 Å². The molecular formula is C26H28N2O6. The van der Waals surface area contributed by atoms with E-state index in [-0.39, 0.29) is 49.8 Å². The molecule has 2 amide bonds. The summed E-state index contributed by atoms with van der Waals surface area (Å²) in [7, 11) is 0. The molecule has 178 valence electrons. The fraction of sp³-hybridized carbons (Fsp3) is 0.423. The minimum Gasteiger partial charge on any atom is -0.479 e. The second kappa shape index (κ2) is 9.10. The van der Waals surface area contributed by atoms with Gasteiger partial charge in [-0.15, -0.1) is 0 Å². The van der Waals surface area contributed by atoms with E-state index < -0.39 is 17.6 Å². The monoisotopic (exact) mass is 464 g/mol. The molecule has 34 heavy (non-hydrogen) atoms. The Balaban J connectivity index is 1.08. The molecule has 2 aliphatic carbocycles. The van der Waals surface area contributed by atoms with Gasteiger partial charge in [0.2, 0.25) is 5.91 Å². The SMILES string of the molecule is O=C(CC1CC(NC(=O)OCC2c3ccccc3-c3ccccc32)C1)NC1(C(=O)O)CCOC1. The van der Waals surface area contributed by atoms with Crippen LogP contribution in [-0.4, -0.2) is 54.5 Å². The van der Waals surface area contributed by atoms with Crippen LogP contribution in [0.4, 0.5) is 4.79 Å². The first-order valence-electron chi connectivity index (χ1n) is 11.7. The molecule has 1 saturated heterocycles. The van der Waals surface area contributed by atoms with E-state index in [1.54, 1.807) is 0 Å². The lowest BCUT2D eigenvalue weighted by Crippen LogP contribution is -2.56. The van der Waals surface area contributed by atoms with Crippen LogP contribution in [0.2, 0.25) is 0 Å². The molecule has 1 atom stereocenters. The van der Waals surface area contributed by atoms with E-state index in [1.165, 1.54) is 11.1 Å². The second-order valence-corrected chi connectivity index (χ2v) is 9.45. The van der Waals surface area contributed by atoms with Gasteiger partial charge in [0.1, 0.15) is 6.61 Å². The molecule has 0 radical (unpaired) electrons. The topological polar surface area (TPSA) is 114 Å². The molecule has 1 unspecified atom stereocenters. The Morgan fingerprint density at radius 2 is 1.68 bits per heavy atom. The highest BCUT2D eigenvalue weighted by Crippen LogP contribution is 2.44. The number of carboxylic acids is 1. The molecule has 2 fully saturated rings. The highest BCUT2D eigenvalue weighted by atomic mass is 16.5. The summed E-state index contributed by atoms with van der Waals surface area (Å²) in [4.78, 5) is 36.3. The summed E-state index contributed by atoms with van der Waals surface area (Å²) in [5.41, 5.74) is 3.37. The van der Waals surface area contributed by atoms with Crippen LogP contribution in [0.5, 0.6) is 0 Å². The highest BCUT2D eigenvalue weighted by molar-refractivity contribution is 5.87. The molecule has 3 N–H and O–H groups in total. The standard InChI is InChI=1S/C26H28N2O6/c29-23(28-26(24(30)31)9-10-33-15-26)13-16-11-17(12-16)27-25(32)34-14-22-20-7-3-1-5-18(20)19-6-2-4-8-21(19)22/h1-8,16-17,22H,9-15H2,(H,27,32)(H,28,29)(H,30,31).